The van der Waals surface area contributed by atoms with Gasteiger partial charge in [0.25, 0.3) is 0 Å². The van der Waals surface area contributed by atoms with Crippen molar-refractivity contribution in [3.05, 3.63) is 60.2 Å². The van der Waals surface area contributed by atoms with Crippen molar-refractivity contribution < 1.29 is 29.3 Å². The number of fused-ring (bicyclic) bond motifs is 1. The molecule has 0 saturated carbocycles. The van der Waals surface area contributed by atoms with Crippen molar-refractivity contribution in [2.24, 2.45) is 5.92 Å². The number of aromatic nitrogens is 3. The number of phenolic OH excluding ortho intramolecular Hbond substituents is 1. The number of carboxylic acid groups (broad SMARTS) is 1. The number of thioether (sulfide) groups is 1. The lowest BCUT2D eigenvalue weighted by atomic mass is 10.1. The molecule has 10 nitrogen and oxygen atoms in total. The van der Waals surface area contributed by atoms with Gasteiger partial charge in [-0.15, -0.1) is 15.0 Å². The van der Waals surface area contributed by atoms with Crippen molar-refractivity contribution in [2.45, 2.75) is 26.3 Å². The van der Waals surface area contributed by atoms with Crippen LogP contribution in [0.3, 0.4) is 0 Å². The first-order valence-electron chi connectivity index (χ1n) is 11.2. The Kier molecular flexibility index (Phi) is 9.07. The monoisotopic (exact) mass is 511 g/mol. The number of rotatable bonds is 12. The lowest BCUT2D eigenvalue weighted by Crippen LogP contribution is -2.49. The Bertz CT molecular complexity index is 1240. The van der Waals surface area contributed by atoms with Gasteiger partial charge >= 0.3 is 5.97 Å². The third-order valence-electron chi connectivity index (χ3n) is 5.21. The molecule has 0 saturated heterocycles. The van der Waals surface area contributed by atoms with Crippen LogP contribution in [0.4, 0.5) is 0 Å². The Hall–Kier alpha value is -3.86. The molecule has 3 aromatic rings. The average Bonchev–Trinajstić information content (AvgIpc) is 3.28. The molecule has 0 aliphatic heterocycles. The number of aliphatic carboxylic acids is 1. The summed E-state index contributed by atoms with van der Waals surface area (Å²) < 4.78 is 5.37. The van der Waals surface area contributed by atoms with Gasteiger partial charge in [-0.3, -0.25) is 9.59 Å². The maximum atomic E-state index is 12.3. The number of hydrogen-bond acceptors (Lipinski definition) is 9. The zero-order valence-electron chi connectivity index (χ0n) is 20.0. The smallest absolute Gasteiger partial charge is 0.309 e. The third-order valence-corrected chi connectivity index (χ3v) is 6.51. The van der Waals surface area contributed by atoms with Crippen LogP contribution in [0.15, 0.2) is 54.6 Å². The fourth-order valence-corrected chi connectivity index (χ4v) is 4.23. The van der Waals surface area contributed by atoms with Gasteiger partial charge in [0.1, 0.15) is 22.5 Å². The van der Waals surface area contributed by atoms with Crippen molar-refractivity contribution in [1.29, 1.82) is 0 Å². The maximum Gasteiger partial charge on any atom is 0.309 e. The minimum Gasteiger partial charge on any atom is -0.548 e. The number of carbonyl (C=O) groups is 3. The number of amides is 1. The second-order valence-electron chi connectivity index (χ2n) is 8.28. The molecule has 0 bridgehead atoms. The van der Waals surface area contributed by atoms with Crippen LogP contribution in [0.1, 0.15) is 19.4 Å². The summed E-state index contributed by atoms with van der Waals surface area (Å²) >= 11 is 1.20. The molecule has 2 aromatic carbocycles. The van der Waals surface area contributed by atoms with Gasteiger partial charge in [0.2, 0.25) is 5.91 Å². The van der Waals surface area contributed by atoms with Gasteiger partial charge in [0.05, 0.1) is 24.5 Å². The third kappa shape index (κ3) is 7.08. The van der Waals surface area contributed by atoms with Gasteiger partial charge in [0, 0.05) is 23.5 Å². The highest BCUT2D eigenvalue weighted by Gasteiger charge is 2.18. The summed E-state index contributed by atoms with van der Waals surface area (Å²) in [5.74, 6) is -2.48. The number of carboxylic acids is 1. The standard InChI is InChI=1S/C25H28N4O6S/c1-15(2)23(31)26-20(24(32)33)14-36-13-16(3)25(34)35-11-10-17-8-9-22(30)21(12-17)29-27-18-6-4-5-7-19(18)28-29/h4-9,12,16,20,30H,1,10-11,13-14H2,2-3H3,(H,26,31)(H,32,33)/p-1. The van der Waals surface area contributed by atoms with Crippen LogP contribution in [0.2, 0.25) is 0 Å². The summed E-state index contributed by atoms with van der Waals surface area (Å²) in [5, 5.41) is 32.6. The molecule has 0 radical (unpaired) electrons. The van der Waals surface area contributed by atoms with Gasteiger partial charge < -0.3 is 25.1 Å². The largest absolute Gasteiger partial charge is 0.548 e. The van der Waals surface area contributed by atoms with E-state index in [1.807, 2.05) is 24.3 Å². The highest BCUT2D eigenvalue weighted by Crippen LogP contribution is 2.23. The molecule has 190 valence electrons. The van der Waals surface area contributed by atoms with Crippen molar-refractivity contribution in [1.82, 2.24) is 20.3 Å². The van der Waals surface area contributed by atoms with Gasteiger partial charge in [-0.05, 0) is 36.8 Å². The lowest BCUT2D eigenvalue weighted by molar-refractivity contribution is -0.307. The molecule has 11 heteroatoms. The summed E-state index contributed by atoms with van der Waals surface area (Å²) in [4.78, 5) is 36.6. The van der Waals surface area contributed by atoms with Crippen LogP contribution in [-0.4, -0.2) is 62.1 Å². The summed E-state index contributed by atoms with van der Waals surface area (Å²) in [6.07, 6.45) is 0.416. The first kappa shape index (κ1) is 26.7. The lowest BCUT2D eigenvalue weighted by Gasteiger charge is -2.20. The molecule has 2 unspecified atom stereocenters. The fourth-order valence-electron chi connectivity index (χ4n) is 3.14. The molecule has 36 heavy (non-hydrogen) atoms. The minimum atomic E-state index is -1.40. The van der Waals surface area contributed by atoms with Crippen LogP contribution in [0.5, 0.6) is 5.75 Å². The van der Waals surface area contributed by atoms with Crippen molar-refractivity contribution in [3.8, 4) is 11.4 Å². The van der Waals surface area contributed by atoms with Crippen molar-refractivity contribution in [3.63, 3.8) is 0 Å². The second-order valence-corrected chi connectivity index (χ2v) is 9.36. The van der Waals surface area contributed by atoms with E-state index < -0.39 is 29.8 Å². The average molecular weight is 512 g/mol. The number of nitrogens with zero attached hydrogens (tertiary/aromatic N) is 3. The summed E-state index contributed by atoms with van der Waals surface area (Å²) in [6.45, 7) is 6.75. The zero-order valence-corrected chi connectivity index (χ0v) is 20.8. The Balaban J connectivity index is 1.48. The molecule has 1 heterocycles. The summed E-state index contributed by atoms with van der Waals surface area (Å²) in [7, 11) is 0. The van der Waals surface area contributed by atoms with E-state index in [0.717, 1.165) is 5.56 Å². The number of aromatic hydroxyl groups is 1. The SMILES string of the molecule is C=C(C)C(=O)NC(CSCC(C)C(=O)OCCc1ccc(O)c(-n2nc3ccccc3n2)c1)C(=O)[O-]. The molecule has 3 rings (SSSR count). The van der Waals surface area contributed by atoms with E-state index in [0.29, 0.717) is 28.9 Å². The van der Waals surface area contributed by atoms with E-state index >= 15 is 0 Å². The van der Waals surface area contributed by atoms with Crippen LogP contribution in [0.25, 0.3) is 16.7 Å². The molecule has 1 amide bonds. The number of hydrogen-bond donors (Lipinski definition) is 2. The van der Waals surface area contributed by atoms with Gasteiger partial charge in [-0.2, -0.15) is 11.8 Å². The van der Waals surface area contributed by atoms with Gasteiger partial charge in [-0.25, -0.2) is 0 Å². The molecule has 0 aliphatic carbocycles. The first-order chi connectivity index (χ1) is 17.2. The number of carbonyl (C=O) groups excluding carboxylic acids is 3. The van der Waals surface area contributed by atoms with E-state index in [1.54, 1.807) is 25.1 Å². The molecule has 0 aliphatic rings. The summed E-state index contributed by atoms with van der Waals surface area (Å²) in [6, 6.07) is 11.2. The Morgan fingerprint density at radius 2 is 1.83 bits per heavy atom. The highest BCUT2D eigenvalue weighted by atomic mass is 32.2. The number of phenols is 1. The van der Waals surface area contributed by atoms with E-state index in [1.165, 1.54) is 23.5 Å². The van der Waals surface area contributed by atoms with E-state index in [2.05, 4.69) is 22.1 Å². The van der Waals surface area contributed by atoms with Crippen LogP contribution in [-0.2, 0) is 25.5 Å². The predicted octanol–water partition coefficient (Wildman–Crippen LogP) is 1.39. The minimum absolute atomic E-state index is 0.0241. The molecule has 0 spiro atoms. The maximum absolute atomic E-state index is 12.3. The fraction of sp³-hybridized carbons (Fsp3) is 0.320. The quantitative estimate of drug-likeness (QED) is 0.272. The van der Waals surface area contributed by atoms with Gasteiger partial charge in [-0.1, -0.05) is 31.7 Å². The van der Waals surface area contributed by atoms with Gasteiger partial charge in [0.15, 0.2) is 0 Å². The number of nitrogens with one attached hydrogen (secondary N) is 1. The normalized spacial score (nSPS) is 12.6. The molecule has 2 N–H and O–H groups in total. The zero-order chi connectivity index (χ0) is 26.2. The Morgan fingerprint density at radius 1 is 1.17 bits per heavy atom. The van der Waals surface area contributed by atoms with Crippen molar-refractivity contribution >= 4 is 40.6 Å². The molecule has 0 fully saturated rings. The number of esters is 1. The second kappa shape index (κ2) is 12.2. The van der Waals surface area contributed by atoms with Crippen molar-refractivity contribution in [2.75, 3.05) is 18.1 Å². The highest BCUT2D eigenvalue weighted by molar-refractivity contribution is 7.99. The molecule has 2 atom stereocenters. The van der Waals surface area contributed by atoms with Crippen LogP contribution in [0, 0.1) is 5.92 Å². The first-order valence-corrected chi connectivity index (χ1v) is 12.4. The predicted molar refractivity (Wildman–Crippen MR) is 133 cm³/mol. The van der Waals surface area contributed by atoms with E-state index in [9.17, 15) is 24.6 Å². The topological polar surface area (TPSA) is 146 Å². The van der Waals surface area contributed by atoms with E-state index in [4.69, 9.17) is 4.74 Å². The molecular formula is C25H27N4O6S-. The Labute approximate surface area is 212 Å². The van der Waals surface area contributed by atoms with Crippen LogP contribution >= 0.6 is 11.8 Å². The number of ether oxygens (including phenoxy) is 1. The summed E-state index contributed by atoms with van der Waals surface area (Å²) in [5.41, 5.74) is 2.84. The molecule has 1 aromatic heterocycles. The van der Waals surface area contributed by atoms with Crippen LogP contribution < -0.4 is 10.4 Å². The van der Waals surface area contributed by atoms with E-state index in [-0.39, 0.29) is 23.7 Å². The Morgan fingerprint density at radius 3 is 2.44 bits per heavy atom. The molecular weight excluding hydrogens is 484 g/mol. The number of benzene rings is 2.